The number of hydrogen-bond acceptors (Lipinski definition) is 5. The molecule has 1 aliphatic rings. The van der Waals surface area contributed by atoms with Gasteiger partial charge in [0.15, 0.2) is 0 Å². The Balaban J connectivity index is 1.79. The molecule has 2 aromatic heterocycles. The van der Waals surface area contributed by atoms with Gasteiger partial charge in [-0.15, -0.1) is 0 Å². The van der Waals surface area contributed by atoms with Gasteiger partial charge in [0.05, 0.1) is 30.6 Å². The predicted octanol–water partition coefficient (Wildman–Crippen LogP) is 1.94. The predicted molar refractivity (Wildman–Crippen MR) is 84.2 cm³/mol. The Kier molecular flexibility index (Phi) is 4.57. The van der Waals surface area contributed by atoms with Crippen molar-refractivity contribution >= 4 is 11.6 Å². The van der Waals surface area contributed by atoms with Gasteiger partial charge in [0.2, 0.25) is 11.8 Å². The first kappa shape index (κ1) is 15.5. The number of H-pyrrole nitrogens is 1. The molecule has 2 atom stereocenters. The standard InChI is InChI=1S/C16H20N4O3/c1-20(11-5-6-14(22-2)17-10-11)16(21)12-4-3-9-23-15(12)13-7-8-18-19-13/h5-8,10,12,15H,3-4,9H2,1-2H3,(H,18,19)/t12-,15-/m1/s1. The van der Waals surface area contributed by atoms with Gasteiger partial charge in [0.25, 0.3) is 0 Å². The Labute approximate surface area is 134 Å². The van der Waals surface area contributed by atoms with Crippen molar-refractivity contribution in [3.63, 3.8) is 0 Å². The normalized spacial score (nSPS) is 21.0. The number of anilines is 1. The van der Waals surface area contributed by atoms with Crippen molar-refractivity contribution in [3.8, 4) is 5.88 Å². The molecule has 2 aromatic rings. The summed E-state index contributed by atoms with van der Waals surface area (Å²) < 4.78 is 10.9. The van der Waals surface area contributed by atoms with E-state index in [1.807, 2.05) is 12.1 Å². The van der Waals surface area contributed by atoms with Crippen LogP contribution < -0.4 is 9.64 Å². The Morgan fingerprint density at radius 1 is 1.43 bits per heavy atom. The van der Waals surface area contributed by atoms with E-state index in [9.17, 15) is 4.79 Å². The molecule has 1 aliphatic heterocycles. The van der Waals surface area contributed by atoms with E-state index in [0.717, 1.165) is 24.2 Å². The quantitative estimate of drug-likeness (QED) is 0.932. The fourth-order valence-electron chi connectivity index (χ4n) is 2.83. The van der Waals surface area contributed by atoms with Gasteiger partial charge in [-0.1, -0.05) is 0 Å². The summed E-state index contributed by atoms with van der Waals surface area (Å²) in [5, 5.41) is 6.87. The van der Waals surface area contributed by atoms with E-state index >= 15 is 0 Å². The number of nitrogens with one attached hydrogen (secondary N) is 1. The maximum atomic E-state index is 12.9. The van der Waals surface area contributed by atoms with E-state index in [4.69, 9.17) is 9.47 Å². The molecule has 1 fully saturated rings. The van der Waals surface area contributed by atoms with Crippen molar-refractivity contribution in [3.05, 3.63) is 36.3 Å². The average Bonchev–Trinajstić information content (AvgIpc) is 3.15. The molecule has 0 unspecified atom stereocenters. The molecule has 1 amide bonds. The van der Waals surface area contributed by atoms with Crippen molar-refractivity contribution < 1.29 is 14.3 Å². The van der Waals surface area contributed by atoms with Crippen LogP contribution in [0.3, 0.4) is 0 Å². The minimum Gasteiger partial charge on any atom is -0.481 e. The van der Waals surface area contributed by atoms with Crippen molar-refractivity contribution in [1.29, 1.82) is 0 Å². The minimum atomic E-state index is -0.285. The zero-order chi connectivity index (χ0) is 16.2. The second-order valence-corrected chi connectivity index (χ2v) is 5.51. The summed E-state index contributed by atoms with van der Waals surface area (Å²) in [6, 6.07) is 5.41. The lowest BCUT2D eigenvalue weighted by Crippen LogP contribution is -2.39. The molecule has 0 spiro atoms. The lowest BCUT2D eigenvalue weighted by Gasteiger charge is -2.32. The molecular weight excluding hydrogens is 296 g/mol. The second kappa shape index (κ2) is 6.78. The van der Waals surface area contributed by atoms with Gasteiger partial charge in [-0.3, -0.25) is 9.89 Å². The summed E-state index contributed by atoms with van der Waals surface area (Å²) in [7, 11) is 3.32. The second-order valence-electron chi connectivity index (χ2n) is 5.51. The molecule has 1 N–H and O–H groups in total. The van der Waals surface area contributed by atoms with Crippen LogP contribution >= 0.6 is 0 Å². The highest BCUT2D eigenvalue weighted by Crippen LogP contribution is 2.34. The maximum Gasteiger partial charge on any atom is 0.232 e. The van der Waals surface area contributed by atoms with Crippen LogP contribution in [-0.4, -0.2) is 41.9 Å². The van der Waals surface area contributed by atoms with E-state index in [2.05, 4.69) is 15.2 Å². The molecule has 3 heterocycles. The zero-order valence-electron chi connectivity index (χ0n) is 13.2. The van der Waals surface area contributed by atoms with Crippen molar-refractivity contribution in [2.24, 2.45) is 5.92 Å². The first-order valence-corrected chi connectivity index (χ1v) is 7.59. The Morgan fingerprint density at radius 3 is 2.96 bits per heavy atom. The van der Waals surface area contributed by atoms with E-state index in [1.165, 1.54) is 0 Å². The molecule has 0 radical (unpaired) electrons. The third-order valence-electron chi connectivity index (χ3n) is 4.12. The van der Waals surface area contributed by atoms with Gasteiger partial charge >= 0.3 is 0 Å². The monoisotopic (exact) mass is 316 g/mol. The number of rotatable bonds is 4. The number of aromatic nitrogens is 3. The Morgan fingerprint density at radius 2 is 2.30 bits per heavy atom. The third kappa shape index (κ3) is 3.19. The molecule has 23 heavy (non-hydrogen) atoms. The number of ether oxygens (including phenoxy) is 2. The van der Waals surface area contributed by atoms with Crippen LogP contribution in [0.15, 0.2) is 30.6 Å². The molecule has 7 heteroatoms. The summed E-state index contributed by atoms with van der Waals surface area (Å²) in [4.78, 5) is 18.7. The van der Waals surface area contributed by atoms with Crippen molar-refractivity contribution in [1.82, 2.24) is 15.2 Å². The molecule has 0 aromatic carbocycles. The van der Waals surface area contributed by atoms with Gasteiger partial charge in [0.1, 0.15) is 6.10 Å². The fourth-order valence-corrected chi connectivity index (χ4v) is 2.83. The lowest BCUT2D eigenvalue weighted by molar-refractivity contribution is -0.132. The summed E-state index contributed by atoms with van der Waals surface area (Å²) in [5.74, 6) is 0.290. The number of pyridine rings is 1. The summed E-state index contributed by atoms with van der Waals surface area (Å²) in [6.07, 6.45) is 4.68. The van der Waals surface area contributed by atoms with E-state index in [1.54, 1.807) is 37.5 Å². The number of hydrogen-bond donors (Lipinski definition) is 1. The van der Waals surface area contributed by atoms with Crippen LogP contribution in [0.25, 0.3) is 0 Å². The summed E-state index contributed by atoms with van der Waals surface area (Å²) >= 11 is 0. The highest BCUT2D eigenvalue weighted by atomic mass is 16.5. The molecule has 1 saturated heterocycles. The van der Waals surface area contributed by atoms with Crippen LogP contribution in [0.5, 0.6) is 5.88 Å². The Bertz CT molecular complexity index is 642. The third-order valence-corrected chi connectivity index (χ3v) is 4.12. The lowest BCUT2D eigenvalue weighted by atomic mass is 9.91. The number of methoxy groups -OCH3 is 1. The van der Waals surface area contributed by atoms with Crippen LogP contribution in [-0.2, 0) is 9.53 Å². The first-order valence-electron chi connectivity index (χ1n) is 7.59. The Hall–Kier alpha value is -2.41. The van der Waals surface area contributed by atoms with E-state index in [0.29, 0.717) is 12.5 Å². The largest absolute Gasteiger partial charge is 0.481 e. The van der Waals surface area contributed by atoms with Gasteiger partial charge in [-0.05, 0) is 25.0 Å². The zero-order valence-corrected chi connectivity index (χ0v) is 13.2. The smallest absolute Gasteiger partial charge is 0.232 e. The topological polar surface area (TPSA) is 80.3 Å². The first-order chi connectivity index (χ1) is 11.2. The fraction of sp³-hybridized carbons (Fsp3) is 0.438. The number of carbonyl (C=O) groups excluding carboxylic acids is 1. The molecule has 0 bridgehead atoms. The molecular formula is C16H20N4O3. The number of amides is 1. The average molecular weight is 316 g/mol. The van der Waals surface area contributed by atoms with Crippen LogP contribution in [0, 0.1) is 5.92 Å². The molecule has 0 saturated carbocycles. The van der Waals surface area contributed by atoms with Gasteiger partial charge in [-0.25, -0.2) is 4.98 Å². The van der Waals surface area contributed by atoms with E-state index < -0.39 is 0 Å². The van der Waals surface area contributed by atoms with Gasteiger partial charge in [0, 0.05) is 25.9 Å². The van der Waals surface area contributed by atoms with Crippen molar-refractivity contribution in [2.75, 3.05) is 25.7 Å². The van der Waals surface area contributed by atoms with Crippen LogP contribution in [0.1, 0.15) is 24.6 Å². The van der Waals surface area contributed by atoms with Crippen molar-refractivity contribution in [2.45, 2.75) is 18.9 Å². The molecule has 7 nitrogen and oxygen atoms in total. The highest BCUT2D eigenvalue weighted by Gasteiger charge is 2.36. The van der Waals surface area contributed by atoms with Crippen LogP contribution in [0.2, 0.25) is 0 Å². The molecule has 3 rings (SSSR count). The number of aromatic amines is 1. The van der Waals surface area contributed by atoms with E-state index in [-0.39, 0.29) is 17.9 Å². The summed E-state index contributed by atoms with van der Waals surface area (Å²) in [5.41, 5.74) is 1.56. The van der Waals surface area contributed by atoms with Gasteiger partial charge in [-0.2, -0.15) is 5.10 Å². The SMILES string of the molecule is COc1ccc(N(C)C(=O)[C@@H]2CCCO[C@H]2c2ccn[nH]2)cn1. The molecule has 0 aliphatic carbocycles. The maximum absolute atomic E-state index is 12.9. The number of nitrogens with zero attached hydrogens (tertiary/aromatic N) is 3. The van der Waals surface area contributed by atoms with Gasteiger partial charge < -0.3 is 14.4 Å². The summed E-state index contributed by atoms with van der Waals surface area (Å²) in [6.45, 7) is 0.654. The minimum absolute atomic E-state index is 0.0104. The number of carbonyl (C=O) groups is 1. The molecule has 122 valence electrons. The van der Waals surface area contributed by atoms with Crippen LogP contribution in [0.4, 0.5) is 5.69 Å². The highest BCUT2D eigenvalue weighted by molar-refractivity contribution is 5.94.